The Labute approximate surface area is 97.3 Å². The van der Waals surface area contributed by atoms with Gasteiger partial charge in [-0.1, -0.05) is 13.3 Å². The van der Waals surface area contributed by atoms with Crippen molar-refractivity contribution in [1.82, 2.24) is 4.57 Å². The molecule has 4 heteroatoms. The second-order valence-electron chi connectivity index (χ2n) is 3.39. The molecule has 0 aromatic carbocycles. The van der Waals surface area contributed by atoms with Crippen LogP contribution in [0.25, 0.3) is 0 Å². The Morgan fingerprint density at radius 1 is 1.71 bits per heavy atom. The Kier molecular flexibility index (Phi) is 3.97. The van der Waals surface area contributed by atoms with Crippen LogP contribution in [0.5, 0.6) is 0 Å². The van der Waals surface area contributed by atoms with Gasteiger partial charge in [-0.15, -0.1) is 0 Å². The summed E-state index contributed by atoms with van der Waals surface area (Å²) >= 11 is 2.14. The van der Waals surface area contributed by atoms with E-state index < -0.39 is 5.97 Å². The van der Waals surface area contributed by atoms with Crippen LogP contribution in [0.4, 0.5) is 0 Å². The number of carboxylic acid groups (broad SMARTS) is 1. The molecule has 1 N–H and O–H groups in total. The lowest BCUT2D eigenvalue weighted by Gasteiger charge is -2.14. The molecule has 0 amide bonds. The quantitative estimate of drug-likeness (QED) is 0.868. The molecule has 0 saturated carbocycles. The first kappa shape index (κ1) is 11.6. The van der Waals surface area contributed by atoms with E-state index in [2.05, 4.69) is 29.5 Å². The zero-order valence-electron chi connectivity index (χ0n) is 8.33. The number of halogens is 1. The third kappa shape index (κ3) is 2.50. The van der Waals surface area contributed by atoms with Crippen LogP contribution >= 0.6 is 22.6 Å². The Balaban J connectivity index is 3.00. The molecular weight excluding hydrogens is 293 g/mol. The van der Waals surface area contributed by atoms with Gasteiger partial charge in [-0.3, -0.25) is 0 Å². The SMILES string of the molecule is CCCC(C)n1cc(I)cc1C(=O)O. The standard InChI is InChI=1S/C10H14INO2/c1-3-4-7(2)12-6-8(11)5-9(12)10(13)14/h5-7H,3-4H2,1-2H3,(H,13,14). The highest BCUT2D eigenvalue weighted by Gasteiger charge is 2.15. The Bertz CT molecular complexity index is 333. The number of aromatic carboxylic acids is 1. The zero-order valence-corrected chi connectivity index (χ0v) is 10.5. The van der Waals surface area contributed by atoms with Gasteiger partial charge in [-0.2, -0.15) is 0 Å². The summed E-state index contributed by atoms with van der Waals surface area (Å²) in [5.41, 5.74) is 0.385. The molecule has 1 rings (SSSR count). The fourth-order valence-electron chi connectivity index (χ4n) is 1.54. The molecule has 0 spiro atoms. The summed E-state index contributed by atoms with van der Waals surface area (Å²) in [5, 5.41) is 8.97. The average molecular weight is 307 g/mol. The van der Waals surface area contributed by atoms with E-state index in [-0.39, 0.29) is 6.04 Å². The summed E-state index contributed by atoms with van der Waals surface area (Å²) in [7, 11) is 0. The minimum Gasteiger partial charge on any atom is -0.477 e. The van der Waals surface area contributed by atoms with Crippen LogP contribution in [-0.4, -0.2) is 15.6 Å². The van der Waals surface area contributed by atoms with Gasteiger partial charge in [0.2, 0.25) is 0 Å². The van der Waals surface area contributed by atoms with Gasteiger partial charge in [0.25, 0.3) is 0 Å². The van der Waals surface area contributed by atoms with Crippen LogP contribution in [0, 0.1) is 3.57 Å². The van der Waals surface area contributed by atoms with Crippen molar-refractivity contribution in [3.05, 3.63) is 21.5 Å². The molecule has 0 aliphatic heterocycles. The molecule has 0 radical (unpaired) electrons. The second kappa shape index (κ2) is 4.82. The van der Waals surface area contributed by atoms with E-state index in [4.69, 9.17) is 5.11 Å². The number of carbonyl (C=O) groups is 1. The van der Waals surface area contributed by atoms with Crippen LogP contribution in [-0.2, 0) is 0 Å². The maximum absolute atomic E-state index is 10.9. The van der Waals surface area contributed by atoms with Crippen molar-refractivity contribution in [2.75, 3.05) is 0 Å². The predicted molar refractivity (Wildman–Crippen MR) is 63.7 cm³/mol. The number of hydrogen-bond acceptors (Lipinski definition) is 1. The van der Waals surface area contributed by atoms with Crippen molar-refractivity contribution < 1.29 is 9.90 Å². The lowest BCUT2D eigenvalue weighted by molar-refractivity contribution is 0.0682. The van der Waals surface area contributed by atoms with Crippen molar-refractivity contribution in [3.63, 3.8) is 0 Å². The molecule has 0 aliphatic rings. The number of nitrogens with zero attached hydrogens (tertiary/aromatic N) is 1. The van der Waals surface area contributed by atoms with Gasteiger partial charge >= 0.3 is 5.97 Å². The molecule has 0 bridgehead atoms. The van der Waals surface area contributed by atoms with Crippen molar-refractivity contribution in [2.45, 2.75) is 32.7 Å². The van der Waals surface area contributed by atoms with E-state index >= 15 is 0 Å². The molecule has 0 aliphatic carbocycles. The van der Waals surface area contributed by atoms with Crippen LogP contribution < -0.4 is 0 Å². The molecule has 78 valence electrons. The van der Waals surface area contributed by atoms with Crippen LogP contribution in [0.1, 0.15) is 43.2 Å². The van der Waals surface area contributed by atoms with Crippen LogP contribution in [0.3, 0.4) is 0 Å². The molecule has 3 nitrogen and oxygen atoms in total. The highest BCUT2D eigenvalue weighted by molar-refractivity contribution is 14.1. The number of rotatable bonds is 4. The summed E-state index contributed by atoms with van der Waals surface area (Å²) in [6, 6.07) is 1.96. The van der Waals surface area contributed by atoms with Gasteiger partial charge in [-0.25, -0.2) is 4.79 Å². The van der Waals surface area contributed by atoms with Crippen molar-refractivity contribution in [3.8, 4) is 0 Å². The van der Waals surface area contributed by atoms with Crippen molar-refractivity contribution >= 4 is 28.6 Å². The van der Waals surface area contributed by atoms with E-state index in [1.807, 2.05) is 17.7 Å². The molecule has 1 aromatic rings. The zero-order chi connectivity index (χ0) is 10.7. The fourth-order valence-corrected chi connectivity index (χ4v) is 2.13. The highest BCUT2D eigenvalue weighted by Crippen LogP contribution is 2.20. The number of hydrogen-bond donors (Lipinski definition) is 1. The molecule has 1 unspecified atom stereocenters. The summed E-state index contributed by atoms with van der Waals surface area (Å²) in [6.07, 6.45) is 3.96. The largest absolute Gasteiger partial charge is 0.477 e. The summed E-state index contributed by atoms with van der Waals surface area (Å²) in [5.74, 6) is -0.851. The highest BCUT2D eigenvalue weighted by atomic mass is 127. The minimum absolute atomic E-state index is 0.259. The smallest absolute Gasteiger partial charge is 0.352 e. The van der Waals surface area contributed by atoms with Crippen molar-refractivity contribution in [1.29, 1.82) is 0 Å². The Hall–Kier alpha value is -0.520. The molecule has 14 heavy (non-hydrogen) atoms. The van der Waals surface area contributed by atoms with Gasteiger partial charge in [0, 0.05) is 15.8 Å². The predicted octanol–water partition coefficient (Wildman–Crippen LogP) is 3.15. The molecule has 1 heterocycles. The van der Waals surface area contributed by atoms with Crippen molar-refractivity contribution in [2.24, 2.45) is 0 Å². The summed E-state index contributed by atoms with van der Waals surface area (Å²) in [4.78, 5) is 10.9. The topological polar surface area (TPSA) is 42.2 Å². The monoisotopic (exact) mass is 307 g/mol. The lowest BCUT2D eigenvalue weighted by atomic mass is 10.2. The third-order valence-electron chi connectivity index (χ3n) is 2.22. The summed E-state index contributed by atoms with van der Waals surface area (Å²) < 4.78 is 2.82. The van der Waals surface area contributed by atoms with E-state index in [9.17, 15) is 4.79 Å². The van der Waals surface area contributed by atoms with E-state index in [0.717, 1.165) is 16.4 Å². The van der Waals surface area contributed by atoms with Gasteiger partial charge in [0.15, 0.2) is 0 Å². The Morgan fingerprint density at radius 2 is 2.36 bits per heavy atom. The van der Waals surface area contributed by atoms with Gasteiger partial charge in [0.1, 0.15) is 5.69 Å². The molecule has 0 fully saturated rings. The average Bonchev–Trinajstić information content (AvgIpc) is 2.48. The fraction of sp³-hybridized carbons (Fsp3) is 0.500. The first-order valence-corrected chi connectivity index (χ1v) is 5.74. The Morgan fingerprint density at radius 3 is 2.86 bits per heavy atom. The normalized spacial score (nSPS) is 12.8. The minimum atomic E-state index is -0.851. The molecular formula is C10H14INO2. The maximum atomic E-state index is 10.9. The first-order valence-electron chi connectivity index (χ1n) is 4.67. The number of carboxylic acids is 1. The van der Waals surface area contributed by atoms with E-state index in [1.54, 1.807) is 6.07 Å². The van der Waals surface area contributed by atoms with E-state index in [0.29, 0.717) is 5.69 Å². The lowest BCUT2D eigenvalue weighted by Crippen LogP contribution is -2.11. The first-order chi connectivity index (χ1) is 6.56. The molecule has 1 aromatic heterocycles. The number of aromatic nitrogens is 1. The van der Waals surface area contributed by atoms with Crippen LogP contribution in [0.2, 0.25) is 0 Å². The molecule has 1 atom stereocenters. The third-order valence-corrected chi connectivity index (χ3v) is 2.81. The van der Waals surface area contributed by atoms with Gasteiger partial charge in [0.05, 0.1) is 0 Å². The summed E-state index contributed by atoms with van der Waals surface area (Å²) in [6.45, 7) is 4.15. The van der Waals surface area contributed by atoms with Gasteiger partial charge < -0.3 is 9.67 Å². The van der Waals surface area contributed by atoms with E-state index in [1.165, 1.54) is 0 Å². The van der Waals surface area contributed by atoms with Gasteiger partial charge in [-0.05, 0) is 42.0 Å². The molecule has 0 saturated heterocycles. The maximum Gasteiger partial charge on any atom is 0.352 e. The van der Waals surface area contributed by atoms with Crippen LogP contribution in [0.15, 0.2) is 12.3 Å². The second-order valence-corrected chi connectivity index (χ2v) is 4.64.